The Bertz CT molecular complexity index is 617. The van der Waals surface area contributed by atoms with E-state index in [9.17, 15) is 4.21 Å². The molecule has 22 heavy (non-hydrogen) atoms. The molecule has 0 saturated heterocycles. The predicted molar refractivity (Wildman–Crippen MR) is 88.2 cm³/mol. The Morgan fingerprint density at radius 3 is 1.82 bits per heavy atom. The molecule has 0 aromatic heterocycles. The van der Waals surface area contributed by atoms with E-state index in [1.165, 1.54) is 36.8 Å². The second-order valence-electron chi connectivity index (χ2n) is 5.83. The minimum absolute atomic E-state index is 0.433. The van der Waals surface area contributed by atoms with Crippen LogP contribution in [0.25, 0.3) is 0 Å². The minimum Gasteiger partial charge on any atom is -0.380 e. The molecule has 1 aliphatic carbocycles. The molecule has 0 aliphatic heterocycles. The van der Waals surface area contributed by atoms with Gasteiger partial charge in [-0.25, -0.2) is 0 Å². The third-order valence-electron chi connectivity index (χ3n) is 4.52. The lowest BCUT2D eigenvalue weighted by atomic mass is 9.76. The topological polar surface area (TPSA) is 46.5 Å². The predicted octanol–water partition coefficient (Wildman–Crippen LogP) is 4.64. The first-order chi connectivity index (χ1) is 10.7. The van der Waals surface area contributed by atoms with Crippen molar-refractivity contribution >= 4 is 11.4 Å². The molecule has 2 aromatic rings. The molecule has 1 fully saturated rings. The van der Waals surface area contributed by atoms with E-state index in [0.717, 1.165) is 0 Å². The Morgan fingerprint density at radius 2 is 1.32 bits per heavy atom. The van der Waals surface area contributed by atoms with Crippen molar-refractivity contribution in [1.82, 2.24) is 0 Å². The fourth-order valence-electron chi connectivity index (χ4n) is 3.36. The van der Waals surface area contributed by atoms with Crippen LogP contribution in [0, 0.1) is 0 Å². The fraction of sp³-hybridized carbons (Fsp3) is 0.333. The number of rotatable bonds is 4. The van der Waals surface area contributed by atoms with Gasteiger partial charge >= 0.3 is 11.4 Å². The van der Waals surface area contributed by atoms with Crippen molar-refractivity contribution in [3.05, 3.63) is 65.7 Å². The summed E-state index contributed by atoms with van der Waals surface area (Å²) in [6, 6.07) is 18.3. The second kappa shape index (κ2) is 7.07. The largest absolute Gasteiger partial charge is 0.380 e. The van der Waals surface area contributed by atoms with Crippen LogP contribution >= 0.6 is 0 Å². The molecule has 1 aliphatic rings. The molecule has 1 unspecified atom stereocenters. The highest BCUT2D eigenvalue weighted by Gasteiger charge is 2.23. The zero-order valence-corrected chi connectivity index (χ0v) is 13.2. The molecule has 0 heterocycles. The highest BCUT2D eigenvalue weighted by Crippen LogP contribution is 2.40. The van der Waals surface area contributed by atoms with Gasteiger partial charge in [-0.2, -0.15) is 4.21 Å². The Labute approximate surface area is 133 Å². The van der Waals surface area contributed by atoms with Gasteiger partial charge in [0, 0.05) is 0 Å². The first-order valence-corrected chi connectivity index (χ1v) is 8.69. The summed E-state index contributed by atoms with van der Waals surface area (Å²) in [6.07, 6.45) is 4.80. The van der Waals surface area contributed by atoms with Crippen LogP contribution in [0.5, 0.6) is 5.75 Å². The maximum atomic E-state index is 10.6. The lowest BCUT2D eigenvalue weighted by Gasteiger charge is -2.29. The van der Waals surface area contributed by atoms with Gasteiger partial charge < -0.3 is 4.18 Å². The molecule has 2 aromatic carbocycles. The molecular weight excluding hydrogens is 296 g/mol. The van der Waals surface area contributed by atoms with E-state index in [-0.39, 0.29) is 0 Å². The van der Waals surface area contributed by atoms with E-state index in [4.69, 9.17) is 8.74 Å². The van der Waals surface area contributed by atoms with Crippen molar-refractivity contribution in [2.45, 2.75) is 37.5 Å². The highest BCUT2D eigenvalue weighted by molar-refractivity contribution is 7.74. The summed E-state index contributed by atoms with van der Waals surface area (Å²) in [5.74, 6) is 1.69. The van der Waals surface area contributed by atoms with Crippen LogP contribution in [-0.4, -0.2) is 8.76 Å². The van der Waals surface area contributed by atoms with Gasteiger partial charge in [-0.3, -0.25) is 4.55 Å². The van der Waals surface area contributed by atoms with Crippen molar-refractivity contribution in [2.75, 3.05) is 0 Å². The molecule has 1 saturated carbocycles. The maximum absolute atomic E-state index is 10.6. The van der Waals surface area contributed by atoms with E-state index in [1.54, 1.807) is 12.1 Å². The van der Waals surface area contributed by atoms with E-state index >= 15 is 0 Å². The van der Waals surface area contributed by atoms with Gasteiger partial charge in [0.2, 0.25) is 0 Å². The lowest BCUT2D eigenvalue weighted by molar-refractivity contribution is 0.396. The van der Waals surface area contributed by atoms with Crippen LogP contribution < -0.4 is 4.18 Å². The van der Waals surface area contributed by atoms with Gasteiger partial charge in [-0.15, -0.1) is 0 Å². The number of hydrogen-bond donors (Lipinski definition) is 1. The Balaban J connectivity index is 1.60. The average molecular weight is 316 g/mol. The smallest absolute Gasteiger partial charge is 0.357 e. The van der Waals surface area contributed by atoms with Crippen molar-refractivity contribution in [1.29, 1.82) is 0 Å². The number of benzene rings is 2. The summed E-state index contributed by atoms with van der Waals surface area (Å²) in [5.41, 5.74) is 2.75. The maximum Gasteiger partial charge on any atom is 0.357 e. The van der Waals surface area contributed by atoms with E-state index in [1.807, 2.05) is 12.1 Å². The van der Waals surface area contributed by atoms with Gasteiger partial charge in [-0.05, 0) is 60.8 Å². The second-order valence-corrected chi connectivity index (χ2v) is 6.43. The van der Waals surface area contributed by atoms with Crippen LogP contribution in [0.3, 0.4) is 0 Å². The summed E-state index contributed by atoms with van der Waals surface area (Å²) >= 11 is -2.25. The van der Waals surface area contributed by atoms with E-state index < -0.39 is 11.4 Å². The Morgan fingerprint density at radius 1 is 0.818 bits per heavy atom. The van der Waals surface area contributed by atoms with E-state index in [0.29, 0.717) is 17.6 Å². The summed E-state index contributed by atoms with van der Waals surface area (Å²) in [5, 5.41) is 0. The van der Waals surface area contributed by atoms with Crippen LogP contribution in [0.15, 0.2) is 54.6 Å². The van der Waals surface area contributed by atoms with Gasteiger partial charge in [0.25, 0.3) is 0 Å². The summed E-state index contributed by atoms with van der Waals surface area (Å²) in [6.45, 7) is 0. The van der Waals surface area contributed by atoms with Gasteiger partial charge in [-0.1, -0.05) is 42.5 Å². The van der Waals surface area contributed by atoms with Crippen LogP contribution in [0.1, 0.15) is 48.6 Å². The van der Waals surface area contributed by atoms with Crippen molar-refractivity contribution in [3.8, 4) is 5.75 Å². The third-order valence-corrected chi connectivity index (χ3v) is 4.85. The zero-order chi connectivity index (χ0) is 15.4. The molecular formula is C18H20O3S. The first kappa shape index (κ1) is 15.3. The van der Waals surface area contributed by atoms with Crippen molar-refractivity contribution in [2.24, 2.45) is 0 Å². The first-order valence-electron chi connectivity index (χ1n) is 7.66. The fourth-order valence-corrected chi connectivity index (χ4v) is 3.64. The van der Waals surface area contributed by atoms with Gasteiger partial charge in [0.05, 0.1) is 0 Å². The van der Waals surface area contributed by atoms with Crippen LogP contribution in [-0.2, 0) is 11.4 Å². The Kier molecular flexibility index (Phi) is 4.90. The van der Waals surface area contributed by atoms with Gasteiger partial charge in [0.15, 0.2) is 0 Å². The quantitative estimate of drug-likeness (QED) is 0.836. The summed E-state index contributed by atoms with van der Waals surface area (Å²) in [7, 11) is 0. The third kappa shape index (κ3) is 3.76. The molecule has 0 radical (unpaired) electrons. The molecule has 3 nitrogen and oxygen atoms in total. The minimum atomic E-state index is -2.25. The van der Waals surface area contributed by atoms with Crippen LogP contribution in [0.4, 0.5) is 0 Å². The van der Waals surface area contributed by atoms with E-state index in [2.05, 4.69) is 30.3 Å². The molecule has 3 rings (SSSR count). The molecule has 1 atom stereocenters. The standard InChI is InChI=1S/C18H20O3S/c19-22(20)21-18-12-10-17(11-13-18)16-8-6-15(7-9-16)14-4-2-1-3-5-14/h1-5,10-13,15-16H,6-9H2,(H,19,20). The Hall–Kier alpha value is -1.65. The summed E-state index contributed by atoms with van der Waals surface area (Å²) in [4.78, 5) is 0. The monoisotopic (exact) mass is 316 g/mol. The molecule has 4 heteroatoms. The SMILES string of the molecule is O=S(O)Oc1ccc(C2CCC(c3ccccc3)CC2)cc1. The molecule has 0 bridgehead atoms. The lowest BCUT2D eigenvalue weighted by Crippen LogP contribution is -2.12. The molecule has 0 spiro atoms. The normalized spacial score (nSPS) is 23.0. The van der Waals surface area contributed by atoms with Crippen molar-refractivity contribution in [3.63, 3.8) is 0 Å². The summed E-state index contributed by atoms with van der Waals surface area (Å²) < 4.78 is 24.1. The highest BCUT2D eigenvalue weighted by atomic mass is 32.2. The van der Waals surface area contributed by atoms with Crippen molar-refractivity contribution < 1.29 is 12.9 Å². The molecule has 116 valence electrons. The molecule has 0 amide bonds. The van der Waals surface area contributed by atoms with Crippen LogP contribution in [0.2, 0.25) is 0 Å². The number of hydrogen-bond acceptors (Lipinski definition) is 2. The average Bonchev–Trinajstić information content (AvgIpc) is 2.56. The zero-order valence-electron chi connectivity index (χ0n) is 12.4. The molecule has 1 N–H and O–H groups in total. The van der Waals surface area contributed by atoms with Gasteiger partial charge in [0.1, 0.15) is 5.75 Å².